The number of carbonyl (C=O) groups is 4. The number of likely N-dealkylation sites (N-methyl/N-ethyl adjacent to an activating group) is 1. The number of H-pyrrole nitrogens is 2. The van der Waals surface area contributed by atoms with E-state index >= 15 is 0 Å². The van der Waals surface area contributed by atoms with Gasteiger partial charge in [0.25, 0.3) is 11.8 Å². The van der Waals surface area contributed by atoms with Crippen molar-refractivity contribution in [2.24, 2.45) is 0 Å². The number of para-hydroxylation sites is 2. The van der Waals surface area contributed by atoms with Crippen LogP contribution in [0.3, 0.4) is 0 Å². The Morgan fingerprint density at radius 2 is 1.18 bits per heavy atom. The maximum absolute atomic E-state index is 14.8. The van der Waals surface area contributed by atoms with Crippen LogP contribution < -0.4 is 32.3 Å². The summed E-state index contributed by atoms with van der Waals surface area (Å²) in [6.45, 7) is 0.608. The number of nitrogen functional groups attached to an aromatic ring is 1. The summed E-state index contributed by atoms with van der Waals surface area (Å²) in [4.78, 5) is 74.0. The van der Waals surface area contributed by atoms with Gasteiger partial charge in [0, 0.05) is 98.8 Å². The maximum atomic E-state index is 14.8. The summed E-state index contributed by atoms with van der Waals surface area (Å²) in [5, 5.41) is 18.5. The molecule has 4 aromatic heterocycles. The van der Waals surface area contributed by atoms with E-state index in [4.69, 9.17) is 45.5 Å². The normalized spacial score (nSPS) is 16.7. The number of alkyl halides is 1. The van der Waals surface area contributed by atoms with Gasteiger partial charge >= 0.3 is 0 Å². The Bertz CT molecular complexity index is 3660. The molecule has 0 bridgehead atoms. The number of fused-ring (bicyclic) bond motifs is 2. The van der Waals surface area contributed by atoms with Crippen LogP contribution in [0.4, 0.5) is 32.1 Å². The molecule has 8 aromatic rings. The second kappa shape index (κ2) is 30.7. The number of anilines is 4. The van der Waals surface area contributed by atoms with Crippen molar-refractivity contribution in [1.29, 1.82) is 0 Å². The third kappa shape index (κ3) is 17.6. The van der Waals surface area contributed by atoms with E-state index in [-0.39, 0.29) is 60.0 Å². The lowest BCUT2D eigenvalue weighted by Crippen LogP contribution is -2.42. The molecule has 0 radical (unpaired) electrons. The van der Waals surface area contributed by atoms with Gasteiger partial charge in [-0.25, -0.2) is 28.7 Å². The Morgan fingerprint density at radius 3 is 1.64 bits per heavy atom. The standard InChI is InChI=1S/C31H33ClFN7O2.C25H24ClFN6O.C4H4BrClO.CH4/c1-40(2)14-6-11-28(41)36-21-12-13-23(26(33)16-21)30(42)37-19-7-5-8-20(15-19)38-31-35-18-25(32)29(39-31)24-17-34-27-10-4-3-9-22(24)27;26-20-13-30-25(33-23(20)19-12-29-22-7-2-1-6-17(19)22)32-16-5-3-4-15(11-16)31-24(34)18-9-8-14(28)10-21(18)27;5-3-1-2-4(6)7;/h3-4,6,9-13,16-20,34H,5,7-8,14-15H2,1-2H3,(H,36,41)(H,37,42)(H,35,38,39);1-2,6-10,12-13,15-16,29H,3-5,11,28H2,(H,31,34)(H,30,32,33);1-2H,3H2;1H4/b11-6+;;2-1+;/t19-,20+;15-,16+;;/m00../s1. The number of rotatable bonds is 16. The minimum Gasteiger partial charge on any atom is -0.399 e. The molecular formula is C61H65BrCl3F2N13O4. The van der Waals surface area contributed by atoms with Gasteiger partial charge in [0.05, 0.1) is 45.0 Å². The molecule has 4 atom stereocenters. The molecule has 84 heavy (non-hydrogen) atoms. The van der Waals surface area contributed by atoms with Gasteiger partial charge < -0.3 is 47.2 Å². The molecule has 4 heterocycles. The first-order valence-electron chi connectivity index (χ1n) is 26.7. The Labute approximate surface area is 509 Å². The highest BCUT2D eigenvalue weighted by molar-refractivity contribution is 9.09. The summed E-state index contributed by atoms with van der Waals surface area (Å²) >= 11 is 20.9. The second-order valence-electron chi connectivity index (χ2n) is 20.1. The lowest BCUT2D eigenvalue weighted by atomic mass is 9.91. The summed E-state index contributed by atoms with van der Waals surface area (Å²) in [6, 6.07) is 23.9. The Kier molecular flexibility index (Phi) is 23.3. The molecular weight excluding hydrogens is 1200 g/mol. The predicted octanol–water partition coefficient (Wildman–Crippen LogP) is 13.1. The third-order valence-corrected chi connectivity index (χ3v) is 14.7. The van der Waals surface area contributed by atoms with Gasteiger partial charge in [-0.2, -0.15) is 0 Å². The van der Waals surface area contributed by atoms with Crippen molar-refractivity contribution in [1.82, 2.24) is 45.4 Å². The molecule has 2 fully saturated rings. The van der Waals surface area contributed by atoms with Crippen LogP contribution in [0.5, 0.6) is 0 Å². The number of halogens is 6. The molecule has 9 N–H and O–H groups in total. The van der Waals surface area contributed by atoms with Crippen LogP contribution in [0, 0.1) is 11.6 Å². The van der Waals surface area contributed by atoms with Gasteiger partial charge in [-0.3, -0.25) is 19.2 Å². The van der Waals surface area contributed by atoms with Crippen LogP contribution in [-0.2, 0) is 9.59 Å². The molecule has 0 unspecified atom stereocenters. The van der Waals surface area contributed by atoms with Crippen molar-refractivity contribution in [3.8, 4) is 22.5 Å². The van der Waals surface area contributed by atoms with Crippen molar-refractivity contribution in [2.45, 2.75) is 83.0 Å². The van der Waals surface area contributed by atoms with Crippen molar-refractivity contribution in [2.75, 3.05) is 47.7 Å². The zero-order valence-corrected chi connectivity index (χ0v) is 49.2. The number of carbonyl (C=O) groups excluding carboxylic acids is 4. The fourth-order valence-electron chi connectivity index (χ4n) is 9.77. The number of benzene rings is 4. The third-order valence-electron chi connectivity index (χ3n) is 13.7. The van der Waals surface area contributed by atoms with Gasteiger partial charge in [-0.15, -0.1) is 0 Å². The monoisotopic (exact) mass is 1270 g/mol. The molecule has 440 valence electrons. The first kappa shape index (κ1) is 63.8. The predicted molar refractivity (Wildman–Crippen MR) is 337 cm³/mol. The highest BCUT2D eigenvalue weighted by atomic mass is 79.9. The highest BCUT2D eigenvalue weighted by Crippen LogP contribution is 2.35. The largest absolute Gasteiger partial charge is 0.399 e. The van der Waals surface area contributed by atoms with Crippen LogP contribution >= 0.6 is 50.7 Å². The summed E-state index contributed by atoms with van der Waals surface area (Å²) in [5.74, 6) is -1.69. The SMILES string of the molecule is C.CN(C)C/C=C/C(=O)Nc1ccc(C(=O)N[C@H]2CCC[C@@H](Nc3ncc(Cl)c(-c4c[nH]c5ccccc45)n3)C2)c(F)c1.Nc1ccc(C(=O)N[C@H]2CCC[C@@H](Nc3ncc(Cl)c(-c4c[nH]c5ccccc45)n3)C2)c(F)c1.O=C(Cl)/C=C/CBr. The van der Waals surface area contributed by atoms with Gasteiger partial charge in [0.15, 0.2) is 0 Å². The van der Waals surface area contributed by atoms with Crippen LogP contribution in [0.1, 0.15) is 79.5 Å². The quantitative estimate of drug-likeness (QED) is 0.0195. The van der Waals surface area contributed by atoms with Crippen LogP contribution in [-0.4, -0.2) is 108 Å². The van der Waals surface area contributed by atoms with Crippen molar-refractivity contribution in [3.63, 3.8) is 0 Å². The topological polar surface area (TPSA) is 241 Å². The molecule has 17 nitrogen and oxygen atoms in total. The van der Waals surface area contributed by atoms with Crippen LogP contribution in [0.2, 0.25) is 10.0 Å². The van der Waals surface area contributed by atoms with Crippen molar-refractivity contribution >= 4 is 119 Å². The molecule has 4 aromatic carbocycles. The number of nitrogens with one attached hydrogen (secondary N) is 7. The molecule has 23 heteroatoms. The lowest BCUT2D eigenvalue weighted by molar-refractivity contribution is -0.112. The summed E-state index contributed by atoms with van der Waals surface area (Å²) in [7, 11) is 3.78. The Balaban J connectivity index is 0.000000217. The first-order valence-corrected chi connectivity index (χ1v) is 29.0. The fraction of sp³-hybridized carbons (Fsp3) is 0.279. The number of aromatic nitrogens is 6. The van der Waals surface area contributed by atoms with Crippen molar-refractivity contribution < 1.29 is 28.0 Å². The van der Waals surface area contributed by atoms with Gasteiger partial charge in [0.2, 0.25) is 23.0 Å². The van der Waals surface area contributed by atoms with E-state index in [1.807, 2.05) is 79.9 Å². The number of hydrogen-bond donors (Lipinski definition) is 8. The molecule has 0 saturated heterocycles. The highest BCUT2D eigenvalue weighted by Gasteiger charge is 2.28. The number of nitrogens with two attached hydrogens (primary N) is 1. The summed E-state index contributed by atoms with van der Waals surface area (Å²) in [6.07, 6.45) is 19.5. The smallest absolute Gasteiger partial charge is 0.254 e. The summed E-state index contributed by atoms with van der Waals surface area (Å²) in [5.41, 5.74) is 11.1. The van der Waals surface area contributed by atoms with E-state index in [2.05, 4.69) is 67.4 Å². The number of nitrogens with zero attached hydrogens (tertiary/aromatic N) is 5. The average molecular weight is 1270 g/mol. The minimum absolute atomic E-state index is 0. The molecule has 0 aliphatic heterocycles. The van der Waals surface area contributed by atoms with E-state index in [1.54, 1.807) is 24.5 Å². The lowest BCUT2D eigenvalue weighted by Gasteiger charge is -2.30. The Hall–Kier alpha value is -7.75. The second-order valence-corrected chi connectivity index (χ2v) is 21.9. The molecule has 2 saturated carbocycles. The number of amides is 3. The van der Waals surface area contributed by atoms with Crippen molar-refractivity contribution in [3.05, 3.63) is 167 Å². The molecule has 2 aliphatic carbocycles. The van der Waals surface area contributed by atoms with E-state index in [0.717, 1.165) is 83.6 Å². The van der Waals surface area contributed by atoms with E-state index in [0.29, 0.717) is 58.0 Å². The first-order chi connectivity index (χ1) is 40.0. The number of hydrogen-bond acceptors (Lipinski definition) is 12. The zero-order valence-electron chi connectivity index (χ0n) is 45.3. The van der Waals surface area contributed by atoms with Gasteiger partial charge in [-0.05, 0) is 132 Å². The molecule has 3 amide bonds. The zero-order chi connectivity index (χ0) is 59.0. The van der Waals surface area contributed by atoms with Crippen LogP contribution in [0.25, 0.3) is 44.3 Å². The minimum atomic E-state index is -0.701. The molecule has 2 aliphatic rings. The molecule has 10 rings (SSSR count). The fourth-order valence-corrected chi connectivity index (χ4v) is 10.4. The van der Waals surface area contributed by atoms with Gasteiger partial charge in [0.1, 0.15) is 11.6 Å². The van der Waals surface area contributed by atoms with E-state index in [1.165, 1.54) is 36.4 Å². The number of allylic oxidation sites excluding steroid dienone is 2. The average Bonchev–Trinajstić information content (AvgIpc) is 4.32. The van der Waals surface area contributed by atoms with Gasteiger partial charge in [-0.1, -0.05) is 95.1 Å². The number of aromatic amines is 2. The van der Waals surface area contributed by atoms with E-state index < -0.39 is 28.7 Å². The molecule has 0 spiro atoms. The maximum Gasteiger partial charge on any atom is 0.254 e. The van der Waals surface area contributed by atoms with Crippen LogP contribution in [0.15, 0.2) is 134 Å². The van der Waals surface area contributed by atoms with E-state index in [9.17, 15) is 28.0 Å². The Morgan fingerprint density at radius 1 is 0.690 bits per heavy atom. The summed E-state index contributed by atoms with van der Waals surface area (Å²) < 4.78 is 29.0.